The van der Waals surface area contributed by atoms with Crippen LogP contribution in [0.25, 0.3) is 5.65 Å². The summed E-state index contributed by atoms with van der Waals surface area (Å²) in [7, 11) is 3.36. The summed E-state index contributed by atoms with van der Waals surface area (Å²) in [6.07, 6.45) is 12.4. The molecule has 3 aromatic heterocycles. The molecule has 4 heterocycles. The number of hydrogen-bond acceptors (Lipinski definition) is 7. The molecule has 0 saturated carbocycles. The Morgan fingerprint density at radius 3 is 2.69 bits per heavy atom. The van der Waals surface area contributed by atoms with Gasteiger partial charge in [-0.05, 0) is 19.3 Å². The first kappa shape index (κ1) is 19.8. The van der Waals surface area contributed by atoms with Gasteiger partial charge < -0.3 is 14.8 Å². The Morgan fingerprint density at radius 1 is 1.17 bits per heavy atom. The average Bonchev–Trinajstić information content (AvgIpc) is 3.43. The zero-order chi connectivity index (χ0) is 20.2. The third-order valence-electron chi connectivity index (χ3n) is 5.60. The Labute approximate surface area is 170 Å². The molecule has 0 spiro atoms. The summed E-state index contributed by atoms with van der Waals surface area (Å²) in [5.74, 6) is 0.742. The van der Waals surface area contributed by atoms with Crippen LogP contribution < -0.4 is 5.32 Å². The zero-order valence-electron chi connectivity index (χ0n) is 17.3. The van der Waals surface area contributed by atoms with Gasteiger partial charge in [-0.1, -0.05) is 6.92 Å². The number of piperidine rings is 1. The van der Waals surface area contributed by atoms with Crippen LogP contribution in [-0.2, 0) is 15.9 Å². The standard InChI is InChI=1S/C20H29N7O2/c1-4-16-12-22-19(20-21-7-10-26(16)20)24-15-11-23-27(13-15)17-5-8-25(9-6-17)14-18(28-2)29-3/h7,10-13,17-18H,4-6,8-9,14H2,1-3H3,(H,22,24). The van der Waals surface area contributed by atoms with E-state index in [4.69, 9.17) is 9.47 Å². The van der Waals surface area contributed by atoms with Crippen LogP contribution in [0, 0.1) is 0 Å². The summed E-state index contributed by atoms with van der Waals surface area (Å²) in [6, 6.07) is 0.396. The maximum absolute atomic E-state index is 5.31. The van der Waals surface area contributed by atoms with Gasteiger partial charge in [0, 0.05) is 64.3 Å². The number of rotatable bonds is 8. The molecule has 0 radical (unpaired) electrons. The van der Waals surface area contributed by atoms with Crippen molar-refractivity contribution in [1.82, 2.24) is 29.0 Å². The SMILES string of the molecule is CCc1cnc(Nc2cnn(C3CCN(CC(OC)OC)CC3)c2)c2nccn12. The second-order valence-corrected chi connectivity index (χ2v) is 7.34. The van der Waals surface area contributed by atoms with Crippen molar-refractivity contribution in [2.24, 2.45) is 0 Å². The van der Waals surface area contributed by atoms with E-state index >= 15 is 0 Å². The van der Waals surface area contributed by atoms with Crippen LogP contribution in [0.4, 0.5) is 11.5 Å². The number of likely N-dealkylation sites (tertiary alicyclic amines) is 1. The molecule has 1 fully saturated rings. The lowest BCUT2D eigenvalue weighted by molar-refractivity contribution is -0.118. The van der Waals surface area contributed by atoms with Crippen LogP contribution in [-0.4, -0.2) is 69.2 Å². The number of nitrogens with zero attached hydrogens (tertiary/aromatic N) is 6. The van der Waals surface area contributed by atoms with E-state index in [2.05, 4.69) is 47.5 Å². The molecule has 9 heteroatoms. The molecule has 1 N–H and O–H groups in total. The van der Waals surface area contributed by atoms with E-state index in [-0.39, 0.29) is 6.29 Å². The van der Waals surface area contributed by atoms with Gasteiger partial charge in [0.25, 0.3) is 0 Å². The fraction of sp³-hybridized carbons (Fsp3) is 0.550. The van der Waals surface area contributed by atoms with E-state index in [1.807, 2.05) is 18.6 Å². The summed E-state index contributed by atoms with van der Waals surface area (Å²) >= 11 is 0. The number of hydrogen-bond donors (Lipinski definition) is 1. The second kappa shape index (κ2) is 8.89. The number of fused-ring (bicyclic) bond motifs is 1. The summed E-state index contributed by atoms with van der Waals surface area (Å²) in [5.41, 5.74) is 2.89. The molecule has 0 bridgehead atoms. The van der Waals surface area contributed by atoms with Crippen LogP contribution in [0.15, 0.2) is 31.0 Å². The molecule has 3 aromatic rings. The fourth-order valence-electron chi connectivity index (χ4n) is 3.88. The molecule has 29 heavy (non-hydrogen) atoms. The Kier molecular flexibility index (Phi) is 6.08. The van der Waals surface area contributed by atoms with Crippen LogP contribution in [0.5, 0.6) is 0 Å². The lowest BCUT2D eigenvalue weighted by Crippen LogP contribution is -2.40. The molecule has 0 atom stereocenters. The van der Waals surface area contributed by atoms with E-state index in [1.165, 1.54) is 0 Å². The summed E-state index contributed by atoms with van der Waals surface area (Å²) in [5, 5.41) is 7.96. The normalized spacial score (nSPS) is 16.1. The lowest BCUT2D eigenvalue weighted by atomic mass is 10.1. The highest BCUT2D eigenvalue weighted by molar-refractivity contribution is 5.69. The van der Waals surface area contributed by atoms with Gasteiger partial charge in [0.05, 0.1) is 17.9 Å². The topological polar surface area (TPSA) is 81.7 Å². The van der Waals surface area contributed by atoms with Crippen molar-refractivity contribution in [3.63, 3.8) is 0 Å². The number of anilines is 2. The Hall–Kier alpha value is -2.49. The average molecular weight is 399 g/mol. The predicted octanol–water partition coefficient (Wildman–Crippen LogP) is 2.49. The van der Waals surface area contributed by atoms with Crippen molar-refractivity contribution in [3.8, 4) is 0 Å². The van der Waals surface area contributed by atoms with Crippen molar-refractivity contribution < 1.29 is 9.47 Å². The molecular formula is C20H29N7O2. The number of imidazole rings is 1. The minimum atomic E-state index is -0.168. The smallest absolute Gasteiger partial charge is 0.180 e. The second-order valence-electron chi connectivity index (χ2n) is 7.34. The van der Waals surface area contributed by atoms with E-state index in [1.54, 1.807) is 20.4 Å². The third-order valence-corrected chi connectivity index (χ3v) is 5.60. The predicted molar refractivity (Wildman–Crippen MR) is 110 cm³/mol. The van der Waals surface area contributed by atoms with Gasteiger partial charge in [0.1, 0.15) is 0 Å². The molecule has 0 aliphatic carbocycles. The lowest BCUT2D eigenvalue weighted by Gasteiger charge is -2.33. The van der Waals surface area contributed by atoms with Crippen LogP contribution in [0.3, 0.4) is 0 Å². The minimum absolute atomic E-state index is 0.168. The van der Waals surface area contributed by atoms with Crippen molar-refractivity contribution in [1.29, 1.82) is 0 Å². The van der Waals surface area contributed by atoms with Gasteiger partial charge in [0.15, 0.2) is 17.8 Å². The summed E-state index contributed by atoms with van der Waals surface area (Å²) < 4.78 is 14.8. The fourth-order valence-corrected chi connectivity index (χ4v) is 3.88. The highest BCUT2D eigenvalue weighted by Crippen LogP contribution is 2.25. The minimum Gasteiger partial charge on any atom is -0.355 e. The van der Waals surface area contributed by atoms with Crippen molar-refractivity contribution in [2.45, 2.75) is 38.5 Å². The molecule has 156 valence electrons. The third kappa shape index (κ3) is 4.26. The van der Waals surface area contributed by atoms with E-state index in [0.717, 1.165) is 61.7 Å². The molecule has 4 rings (SSSR count). The monoisotopic (exact) mass is 399 g/mol. The number of methoxy groups -OCH3 is 2. The molecule has 1 aliphatic rings. The van der Waals surface area contributed by atoms with Gasteiger partial charge in [0.2, 0.25) is 0 Å². The van der Waals surface area contributed by atoms with Gasteiger partial charge in [-0.3, -0.25) is 14.0 Å². The highest BCUT2D eigenvalue weighted by atomic mass is 16.7. The van der Waals surface area contributed by atoms with Crippen molar-refractivity contribution in [2.75, 3.05) is 39.2 Å². The first-order valence-corrected chi connectivity index (χ1v) is 10.1. The number of nitrogens with one attached hydrogen (secondary N) is 1. The molecule has 1 saturated heterocycles. The maximum Gasteiger partial charge on any atom is 0.180 e. The first-order valence-electron chi connectivity index (χ1n) is 10.1. The van der Waals surface area contributed by atoms with Crippen molar-refractivity contribution >= 4 is 17.2 Å². The van der Waals surface area contributed by atoms with E-state index in [9.17, 15) is 0 Å². The Bertz CT molecular complexity index is 926. The van der Waals surface area contributed by atoms with Gasteiger partial charge >= 0.3 is 0 Å². The van der Waals surface area contributed by atoms with Gasteiger partial charge in [-0.15, -0.1) is 0 Å². The molecule has 0 amide bonds. The molecule has 1 aliphatic heterocycles. The largest absolute Gasteiger partial charge is 0.355 e. The van der Waals surface area contributed by atoms with Gasteiger partial charge in [-0.2, -0.15) is 5.10 Å². The number of ether oxygens (including phenoxy) is 2. The summed E-state index contributed by atoms with van der Waals surface area (Å²) in [6.45, 7) is 4.92. The quantitative estimate of drug-likeness (QED) is 0.583. The van der Waals surface area contributed by atoms with Crippen LogP contribution >= 0.6 is 0 Å². The van der Waals surface area contributed by atoms with E-state index < -0.39 is 0 Å². The Morgan fingerprint density at radius 2 is 1.97 bits per heavy atom. The number of aromatic nitrogens is 5. The first-order chi connectivity index (χ1) is 14.2. The number of aryl methyl sites for hydroxylation is 1. The summed E-state index contributed by atoms with van der Waals surface area (Å²) in [4.78, 5) is 11.4. The highest BCUT2D eigenvalue weighted by Gasteiger charge is 2.23. The molecule has 9 nitrogen and oxygen atoms in total. The molecule has 0 unspecified atom stereocenters. The molecule has 0 aromatic carbocycles. The van der Waals surface area contributed by atoms with Crippen LogP contribution in [0.1, 0.15) is 31.5 Å². The van der Waals surface area contributed by atoms with Crippen LogP contribution in [0.2, 0.25) is 0 Å². The Balaban J connectivity index is 1.39. The molecular weight excluding hydrogens is 370 g/mol. The maximum atomic E-state index is 5.31. The van der Waals surface area contributed by atoms with E-state index in [0.29, 0.717) is 6.04 Å². The van der Waals surface area contributed by atoms with Gasteiger partial charge in [-0.25, -0.2) is 9.97 Å². The zero-order valence-corrected chi connectivity index (χ0v) is 17.3. The van der Waals surface area contributed by atoms with Crippen molar-refractivity contribution in [3.05, 3.63) is 36.7 Å².